The van der Waals surface area contributed by atoms with Crippen molar-refractivity contribution in [2.24, 2.45) is 0 Å². The number of hydrogen-bond donors (Lipinski definition) is 2. The first-order valence-corrected chi connectivity index (χ1v) is 4.55. The number of rotatable bonds is 3. The zero-order valence-electron chi connectivity index (χ0n) is 7.67. The van der Waals surface area contributed by atoms with Gasteiger partial charge >= 0.3 is 0 Å². The Bertz CT molecular complexity index is 167. The van der Waals surface area contributed by atoms with Crippen molar-refractivity contribution in [2.45, 2.75) is 24.4 Å². The summed E-state index contributed by atoms with van der Waals surface area (Å²) < 4.78 is 20.8. The van der Waals surface area contributed by atoms with Crippen LogP contribution in [0.15, 0.2) is 0 Å². The first kappa shape index (κ1) is 10.3. The first-order valence-electron chi connectivity index (χ1n) is 4.55. The maximum atomic E-state index is 8.99. The van der Waals surface area contributed by atoms with Crippen molar-refractivity contribution in [3.05, 3.63) is 0 Å². The lowest BCUT2D eigenvalue weighted by molar-refractivity contribution is -0.0380. The highest BCUT2D eigenvalue weighted by atomic mass is 16.8. The fourth-order valence-corrected chi connectivity index (χ4v) is 1.74. The normalized spacial score (nSPS) is 43.3. The monoisotopic (exact) mass is 206 g/mol. The zero-order valence-corrected chi connectivity index (χ0v) is 7.67. The lowest BCUT2D eigenvalue weighted by Gasteiger charge is -2.23. The summed E-state index contributed by atoms with van der Waals surface area (Å²) in [5.74, 6) is 0. The van der Waals surface area contributed by atoms with Gasteiger partial charge in [-0.25, -0.2) is 0 Å². The highest BCUT2D eigenvalue weighted by Gasteiger charge is 2.43. The molecule has 0 unspecified atom stereocenters. The van der Waals surface area contributed by atoms with Gasteiger partial charge in [-0.15, -0.1) is 0 Å². The van der Waals surface area contributed by atoms with Crippen molar-refractivity contribution < 1.29 is 29.2 Å². The third-order valence-electron chi connectivity index (χ3n) is 2.50. The molecule has 6 heteroatoms. The summed E-state index contributed by atoms with van der Waals surface area (Å²) in [5.41, 5.74) is 0. The van der Waals surface area contributed by atoms with Gasteiger partial charge in [-0.05, 0) is 0 Å². The highest BCUT2D eigenvalue weighted by Crippen LogP contribution is 2.25. The van der Waals surface area contributed by atoms with E-state index in [9.17, 15) is 0 Å². The Morgan fingerprint density at radius 3 is 1.57 bits per heavy atom. The highest BCUT2D eigenvalue weighted by molar-refractivity contribution is 4.88. The molecule has 0 bridgehead atoms. The van der Waals surface area contributed by atoms with Crippen molar-refractivity contribution in [3.8, 4) is 0 Å². The van der Waals surface area contributed by atoms with Crippen LogP contribution >= 0.6 is 0 Å². The molecule has 0 saturated carbocycles. The predicted molar refractivity (Wildman–Crippen MR) is 43.4 cm³/mol. The van der Waals surface area contributed by atoms with Crippen LogP contribution in [0.25, 0.3) is 0 Å². The molecular formula is C8H14O6. The first-order chi connectivity index (χ1) is 6.86. The minimum atomic E-state index is -0.393. The molecule has 0 aromatic heterocycles. The third kappa shape index (κ3) is 1.77. The van der Waals surface area contributed by atoms with Gasteiger partial charge in [0.1, 0.15) is 38.0 Å². The number of hydrogen-bond acceptors (Lipinski definition) is 6. The van der Waals surface area contributed by atoms with Gasteiger partial charge < -0.3 is 29.2 Å². The average molecular weight is 206 g/mol. The van der Waals surface area contributed by atoms with Crippen molar-refractivity contribution in [1.29, 1.82) is 0 Å². The van der Waals surface area contributed by atoms with E-state index < -0.39 is 12.2 Å². The Balaban J connectivity index is 1.98. The second-order valence-electron chi connectivity index (χ2n) is 3.27. The summed E-state index contributed by atoms with van der Waals surface area (Å²) in [6.07, 6.45) is -1.51. The maximum absolute atomic E-state index is 8.99. The van der Waals surface area contributed by atoms with Gasteiger partial charge in [0.15, 0.2) is 0 Å². The molecule has 6 nitrogen and oxygen atoms in total. The van der Waals surface area contributed by atoms with E-state index in [0.717, 1.165) is 0 Å². The smallest absolute Gasteiger partial charge is 0.147 e. The minimum Gasteiger partial charge on any atom is -0.394 e. The number of aliphatic hydroxyl groups excluding tert-OH is 2. The van der Waals surface area contributed by atoms with Crippen molar-refractivity contribution in [1.82, 2.24) is 0 Å². The predicted octanol–water partition coefficient (Wildman–Crippen LogP) is -1.55. The largest absolute Gasteiger partial charge is 0.394 e. The molecule has 0 spiro atoms. The van der Waals surface area contributed by atoms with Gasteiger partial charge in [-0.2, -0.15) is 0 Å². The molecule has 2 N–H and O–H groups in total. The van der Waals surface area contributed by atoms with Gasteiger partial charge in [0.2, 0.25) is 0 Å². The number of ether oxygens (including phenoxy) is 4. The van der Waals surface area contributed by atoms with Gasteiger partial charge in [-0.1, -0.05) is 0 Å². The quantitative estimate of drug-likeness (QED) is 0.582. The molecule has 14 heavy (non-hydrogen) atoms. The molecule has 82 valence electrons. The Hall–Kier alpha value is -0.240. The zero-order chi connectivity index (χ0) is 9.97. The Morgan fingerprint density at radius 2 is 1.21 bits per heavy atom. The average Bonchev–Trinajstić information content (AvgIpc) is 2.85. The fraction of sp³-hybridized carbons (Fsp3) is 1.00. The summed E-state index contributed by atoms with van der Waals surface area (Å²) in [6, 6.07) is 0. The molecule has 2 fully saturated rings. The van der Waals surface area contributed by atoms with Crippen LogP contribution < -0.4 is 0 Å². The third-order valence-corrected chi connectivity index (χ3v) is 2.50. The van der Waals surface area contributed by atoms with Crippen LogP contribution in [0, 0.1) is 0 Å². The Labute approximate surface area is 81.3 Å². The second-order valence-corrected chi connectivity index (χ2v) is 3.27. The molecule has 2 heterocycles. The van der Waals surface area contributed by atoms with Crippen molar-refractivity contribution >= 4 is 0 Å². The van der Waals surface area contributed by atoms with Crippen LogP contribution in [-0.2, 0) is 18.9 Å². The van der Waals surface area contributed by atoms with Crippen LogP contribution in [-0.4, -0.2) is 61.4 Å². The Morgan fingerprint density at radius 1 is 0.786 bits per heavy atom. The summed E-state index contributed by atoms with van der Waals surface area (Å²) >= 11 is 0. The lowest BCUT2D eigenvalue weighted by atomic mass is 10.0. The number of aliphatic hydroxyl groups is 2. The summed E-state index contributed by atoms with van der Waals surface area (Å²) in [6.45, 7) is 0.0488. The van der Waals surface area contributed by atoms with Crippen LogP contribution in [0.2, 0.25) is 0 Å². The summed E-state index contributed by atoms with van der Waals surface area (Å²) in [4.78, 5) is 0. The van der Waals surface area contributed by atoms with Gasteiger partial charge in [0.25, 0.3) is 0 Å². The van der Waals surface area contributed by atoms with E-state index in [1.807, 2.05) is 0 Å². The van der Waals surface area contributed by atoms with Crippen LogP contribution in [0.5, 0.6) is 0 Å². The van der Waals surface area contributed by atoms with Crippen LogP contribution in [0.3, 0.4) is 0 Å². The van der Waals surface area contributed by atoms with E-state index in [2.05, 4.69) is 0 Å². The molecule has 2 rings (SSSR count). The van der Waals surface area contributed by atoms with Gasteiger partial charge in [0, 0.05) is 0 Å². The molecule has 0 aliphatic carbocycles. The molecule has 4 atom stereocenters. The standard InChI is InChI=1S/C8H14O6/c9-1-5-7(13-3-11-5)8-6(2-10)12-4-14-8/h5-10H,1-4H2/t5-,6-,7-,8+/m0/s1. The SMILES string of the molecule is OC[C@@H]1OCO[C@@H]1[C@@H]1OCO[C@H]1CO. The maximum Gasteiger partial charge on any atom is 0.147 e. The van der Waals surface area contributed by atoms with Crippen LogP contribution in [0.1, 0.15) is 0 Å². The molecule has 0 radical (unpaired) electrons. The van der Waals surface area contributed by atoms with E-state index in [1.165, 1.54) is 0 Å². The summed E-state index contributed by atoms with van der Waals surface area (Å²) in [5, 5.41) is 18.0. The van der Waals surface area contributed by atoms with Crippen molar-refractivity contribution in [3.63, 3.8) is 0 Å². The van der Waals surface area contributed by atoms with E-state index in [-0.39, 0.29) is 39.0 Å². The fourth-order valence-electron chi connectivity index (χ4n) is 1.74. The van der Waals surface area contributed by atoms with E-state index in [1.54, 1.807) is 0 Å². The van der Waals surface area contributed by atoms with Crippen molar-refractivity contribution in [2.75, 3.05) is 26.8 Å². The summed E-state index contributed by atoms with van der Waals surface area (Å²) in [7, 11) is 0. The molecular weight excluding hydrogens is 192 g/mol. The molecule has 2 aliphatic heterocycles. The van der Waals surface area contributed by atoms with E-state index >= 15 is 0 Å². The molecule has 2 saturated heterocycles. The molecule has 0 amide bonds. The molecule has 2 aliphatic rings. The molecule has 0 aromatic carbocycles. The second kappa shape index (κ2) is 4.52. The lowest BCUT2D eigenvalue weighted by Crippen LogP contribution is -2.44. The van der Waals surface area contributed by atoms with Gasteiger partial charge in [0.05, 0.1) is 13.2 Å². The topological polar surface area (TPSA) is 77.4 Å². The molecule has 0 aromatic rings. The van der Waals surface area contributed by atoms with E-state index in [0.29, 0.717) is 0 Å². The Kier molecular flexibility index (Phi) is 3.32. The minimum absolute atomic E-state index is 0.122. The van der Waals surface area contributed by atoms with Gasteiger partial charge in [-0.3, -0.25) is 0 Å². The van der Waals surface area contributed by atoms with Crippen LogP contribution in [0.4, 0.5) is 0 Å². The van der Waals surface area contributed by atoms with E-state index in [4.69, 9.17) is 29.2 Å².